The topological polar surface area (TPSA) is 56.8 Å². The van der Waals surface area contributed by atoms with E-state index in [0.717, 1.165) is 54.3 Å². The van der Waals surface area contributed by atoms with E-state index in [0.29, 0.717) is 0 Å². The molecule has 130 valence electrons. The van der Waals surface area contributed by atoms with Crippen molar-refractivity contribution in [2.75, 3.05) is 30.6 Å². The molecule has 2 aliphatic heterocycles. The summed E-state index contributed by atoms with van der Waals surface area (Å²) in [5.41, 5.74) is 9.89. The van der Waals surface area contributed by atoms with Crippen LogP contribution in [0.15, 0.2) is 42.5 Å². The smallest absolute Gasteiger partial charge is 0.253 e. The summed E-state index contributed by atoms with van der Waals surface area (Å²) in [5.74, 6) is 0.936. The van der Waals surface area contributed by atoms with E-state index in [1.165, 1.54) is 6.42 Å². The Kier molecular flexibility index (Phi) is 4.19. The van der Waals surface area contributed by atoms with Crippen LogP contribution >= 0.6 is 0 Å². The summed E-state index contributed by atoms with van der Waals surface area (Å²) in [4.78, 5) is 14.6. The zero-order valence-electron chi connectivity index (χ0n) is 14.3. The second kappa shape index (κ2) is 6.64. The van der Waals surface area contributed by atoms with Crippen molar-refractivity contribution >= 4 is 23.0 Å². The Labute approximate surface area is 147 Å². The number of hydrazine groups is 2. The molecule has 0 aromatic heterocycles. The SMILES string of the molecule is COc1ccc(N2NNc3cc(C(=O)N4CCCCC4)ccc32)cc1. The Morgan fingerprint density at radius 2 is 1.80 bits per heavy atom. The van der Waals surface area contributed by atoms with Crippen LogP contribution in [0.5, 0.6) is 5.75 Å². The van der Waals surface area contributed by atoms with Crippen molar-refractivity contribution in [1.82, 2.24) is 10.4 Å². The zero-order chi connectivity index (χ0) is 17.2. The highest BCUT2D eigenvalue weighted by molar-refractivity contribution is 5.97. The van der Waals surface area contributed by atoms with Crippen molar-refractivity contribution < 1.29 is 9.53 Å². The van der Waals surface area contributed by atoms with Gasteiger partial charge in [0.15, 0.2) is 0 Å². The number of carbonyl (C=O) groups excluding carboxylic acids is 1. The minimum atomic E-state index is 0.118. The zero-order valence-corrected chi connectivity index (χ0v) is 14.3. The Hall–Kier alpha value is -2.73. The average Bonchev–Trinajstić information content (AvgIpc) is 3.11. The van der Waals surface area contributed by atoms with Gasteiger partial charge < -0.3 is 15.1 Å². The molecular formula is C19H22N4O2. The number of hydrogen-bond donors (Lipinski definition) is 2. The van der Waals surface area contributed by atoms with Crippen LogP contribution in [0.2, 0.25) is 0 Å². The van der Waals surface area contributed by atoms with Crippen LogP contribution in [0.3, 0.4) is 0 Å². The van der Waals surface area contributed by atoms with E-state index in [1.807, 2.05) is 52.4 Å². The molecule has 0 bridgehead atoms. The second-order valence-electron chi connectivity index (χ2n) is 6.36. The summed E-state index contributed by atoms with van der Waals surface area (Å²) < 4.78 is 5.20. The highest BCUT2D eigenvalue weighted by Gasteiger charge is 2.24. The maximum atomic E-state index is 12.7. The molecule has 0 spiro atoms. The third-order valence-electron chi connectivity index (χ3n) is 4.76. The predicted octanol–water partition coefficient (Wildman–Crippen LogP) is 3.30. The molecule has 2 aliphatic rings. The van der Waals surface area contributed by atoms with Crippen LogP contribution in [-0.4, -0.2) is 31.0 Å². The first-order chi connectivity index (χ1) is 12.3. The number of ether oxygens (including phenoxy) is 1. The maximum Gasteiger partial charge on any atom is 0.253 e. The number of amides is 1. The fourth-order valence-electron chi connectivity index (χ4n) is 3.36. The summed E-state index contributed by atoms with van der Waals surface area (Å²) in [6, 6.07) is 13.6. The minimum Gasteiger partial charge on any atom is -0.497 e. The van der Waals surface area contributed by atoms with Crippen molar-refractivity contribution in [3.63, 3.8) is 0 Å². The van der Waals surface area contributed by atoms with Gasteiger partial charge in [0, 0.05) is 18.7 Å². The van der Waals surface area contributed by atoms with E-state index in [4.69, 9.17) is 4.74 Å². The quantitative estimate of drug-likeness (QED) is 0.899. The molecule has 1 amide bonds. The van der Waals surface area contributed by atoms with Crippen LogP contribution in [0, 0.1) is 0 Å². The van der Waals surface area contributed by atoms with Gasteiger partial charge in [-0.3, -0.25) is 9.80 Å². The molecule has 4 rings (SSSR count). The number of methoxy groups -OCH3 is 1. The second-order valence-corrected chi connectivity index (χ2v) is 6.36. The molecule has 0 unspecified atom stereocenters. The number of nitrogens with one attached hydrogen (secondary N) is 2. The molecule has 2 aromatic carbocycles. The highest BCUT2D eigenvalue weighted by Crippen LogP contribution is 2.36. The van der Waals surface area contributed by atoms with Gasteiger partial charge in [-0.15, -0.1) is 5.53 Å². The van der Waals surface area contributed by atoms with Gasteiger partial charge >= 0.3 is 0 Å². The van der Waals surface area contributed by atoms with E-state index in [9.17, 15) is 4.79 Å². The van der Waals surface area contributed by atoms with E-state index in [1.54, 1.807) is 7.11 Å². The van der Waals surface area contributed by atoms with Crippen LogP contribution in [0.1, 0.15) is 29.6 Å². The van der Waals surface area contributed by atoms with E-state index in [2.05, 4.69) is 11.0 Å². The molecule has 25 heavy (non-hydrogen) atoms. The van der Waals surface area contributed by atoms with Crippen LogP contribution in [-0.2, 0) is 0 Å². The molecule has 2 heterocycles. The molecule has 6 nitrogen and oxygen atoms in total. The van der Waals surface area contributed by atoms with Gasteiger partial charge in [0.25, 0.3) is 5.91 Å². The fraction of sp³-hybridized carbons (Fsp3) is 0.316. The van der Waals surface area contributed by atoms with Gasteiger partial charge in [0.05, 0.1) is 24.2 Å². The standard InChI is InChI=1S/C19H22N4O2/c1-25-16-8-6-15(7-9-16)23-18-10-5-14(13-17(18)20-21-23)19(24)22-11-3-2-4-12-22/h5-10,13,20-21H,2-4,11-12H2,1H3. The lowest BCUT2D eigenvalue weighted by atomic mass is 10.1. The summed E-state index contributed by atoms with van der Waals surface area (Å²) in [7, 11) is 1.65. The molecule has 0 radical (unpaired) electrons. The number of nitrogens with zero attached hydrogens (tertiary/aromatic N) is 2. The summed E-state index contributed by atoms with van der Waals surface area (Å²) in [6.07, 6.45) is 3.42. The van der Waals surface area contributed by atoms with Gasteiger partial charge in [-0.05, 0) is 61.7 Å². The number of benzene rings is 2. The lowest BCUT2D eigenvalue weighted by Crippen LogP contribution is -2.35. The number of hydrogen-bond acceptors (Lipinski definition) is 5. The first kappa shape index (κ1) is 15.8. The molecule has 0 aliphatic carbocycles. The number of likely N-dealkylation sites (tertiary alicyclic amines) is 1. The first-order valence-electron chi connectivity index (χ1n) is 8.65. The number of rotatable bonds is 3. The van der Waals surface area contributed by atoms with Gasteiger partial charge in [-0.2, -0.15) is 0 Å². The van der Waals surface area contributed by atoms with Crippen molar-refractivity contribution in [1.29, 1.82) is 0 Å². The maximum absolute atomic E-state index is 12.7. The number of piperidine rings is 1. The van der Waals surface area contributed by atoms with E-state index < -0.39 is 0 Å². The van der Waals surface area contributed by atoms with Gasteiger partial charge in [0.1, 0.15) is 5.75 Å². The third kappa shape index (κ3) is 3.00. The molecule has 1 saturated heterocycles. The minimum absolute atomic E-state index is 0.118. The molecular weight excluding hydrogens is 316 g/mol. The normalized spacial score (nSPS) is 16.4. The molecule has 2 N–H and O–H groups in total. The molecule has 1 fully saturated rings. The number of anilines is 3. The van der Waals surface area contributed by atoms with Crippen LogP contribution < -0.4 is 20.7 Å². The van der Waals surface area contributed by atoms with Crippen molar-refractivity contribution in [2.45, 2.75) is 19.3 Å². The molecule has 0 atom stereocenters. The Morgan fingerprint density at radius 3 is 2.52 bits per heavy atom. The first-order valence-corrected chi connectivity index (χ1v) is 8.65. The fourth-order valence-corrected chi connectivity index (χ4v) is 3.36. The number of fused-ring (bicyclic) bond motifs is 1. The predicted molar refractivity (Wildman–Crippen MR) is 98.1 cm³/mol. The summed E-state index contributed by atoms with van der Waals surface area (Å²) in [6.45, 7) is 1.72. The van der Waals surface area contributed by atoms with Gasteiger partial charge in [-0.1, -0.05) is 0 Å². The monoisotopic (exact) mass is 338 g/mol. The molecule has 2 aromatic rings. The Bertz CT molecular complexity index is 769. The average molecular weight is 338 g/mol. The highest BCUT2D eigenvalue weighted by atomic mass is 16.5. The number of carbonyl (C=O) groups is 1. The Balaban J connectivity index is 1.56. The van der Waals surface area contributed by atoms with Crippen LogP contribution in [0.25, 0.3) is 0 Å². The van der Waals surface area contributed by atoms with E-state index >= 15 is 0 Å². The van der Waals surface area contributed by atoms with E-state index in [-0.39, 0.29) is 5.91 Å². The third-order valence-corrected chi connectivity index (χ3v) is 4.76. The van der Waals surface area contributed by atoms with Crippen molar-refractivity contribution in [2.24, 2.45) is 0 Å². The molecule has 6 heteroatoms. The van der Waals surface area contributed by atoms with Gasteiger partial charge in [0.2, 0.25) is 0 Å². The van der Waals surface area contributed by atoms with Gasteiger partial charge in [-0.25, -0.2) is 0 Å². The lowest BCUT2D eigenvalue weighted by molar-refractivity contribution is 0.0724. The van der Waals surface area contributed by atoms with Crippen LogP contribution in [0.4, 0.5) is 17.1 Å². The molecule has 0 saturated carbocycles. The largest absolute Gasteiger partial charge is 0.497 e. The van der Waals surface area contributed by atoms with Crippen molar-refractivity contribution in [3.05, 3.63) is 48.0 Å². The van der Waals surface area contributed by atoms with Crippen molar-refractivity contribution in [3.8, 4) is 5.75 Å². The summed E-state index contributed by atoms with van der Waals surface area (Å²) >= 11 is 0. The lowest BCUT2D eigenvalue weighted by Gasteiger charge is -2.26. The summed E-state index contributed by atoms with van der Waals surface area (Å²) in [5, 5.41) is 1.95. The Morgan fingerprint density at radius 1 is 1.04 bits per heavy atom.